The Hall–Kier alpha value is -1.55. The third-order valence-electron chi connectivity index (χ3n) is 4.99. The molecule has 1 fully saturated rings. The summed E-state index contributed by atoms with van der Waals surface area (Å²) in [4.78, 5) is 13.6. The second kappa shape index (κ2) is 6.69. The van der Waals surface area contributed by atoms with Crippen molar-refractivity contribution in [1.82, 2.24) is 0 Å². The Kier molecular flexibility index (Phi) is 4.67. The Morgan fingerprint density at radius 3 is 2.91 bits per heavy atom. The Morgan fingerprint density at radius 2 is 2.18 bits per heavy atom. The quantitative estimate of drug-likeness (QED) is 0.908. The van der Waals surface area contributed by atoms with Crippen molar-refractivity contribution in [3.05, 3.63) is 29.3 Å². The fourth-order valence-electron chi connectivity index (χ4n) is 3.61. The van der Waals surface area contributed by atoms with Gasteiger partial charge in [0.2, 0.25) is 0 Å². The molecule has 2 aliphatic rings. The molecule has 1 saturated heterocycles. The van der Waals surface area contributed by atoms with Gasteiger partial charge >= 0.3 is 5.97 Å². The molecule has 1 unspecified atom stereocenters. The zero-order valence-corrected chi connectivity index (χ0v) is 13.3. The largest absolute Gasteiger partial charge is 0.481 e. The minimum absolute atomic E-state index is 0.323. The first-order valence-electron chi connectivity index (χ1n) is 8.31. The van der Waals surface area contributed by atoms with Gasteiger partial charge in [-0.05, 0) is 48.8 Å². The molecule has 2 aliphatic heterocycles. The van der Waals surface area contributed by atoms with Gasteiger partial charge in [-0.25, -0.2) is 0 Å². The van der Waals surface area contributed by atoms with Crippen molar-refractivity contribution < 1.29 is 14.6 Å². The number of nitrogens with zero attached hydrogens (tertiary/aromatic N) is 1. The van der Waals surface area contributed by atoms with Crippen LogP contribution in [-0.2, 0) is 22.4 Å². The van der Waals surface area contributed by atoms with E-state index < -0.39 is 5.97 Å². The molecule has 22 heavy (non-hydrogen) atoms. The number of benzene rings is 1. The van der Waals surface area contributed by atoms with Gasteiger partial charge in [-0.1, -0.05) is 19.1 Å². The van der Waals surface area contributed by atoms with Gasteiger partial charge < -0.3 is 14.7 Å². The van der Waals surface area contributed by atoms with Crippen molar-refractivity contribution in [2.45, 2.75) is 32.6 Å². The van der Waals surface area contributed by atoms with E-state index in [9.17, 15) is 4.79 Å². The average Bonchev–Trinajstić information content (AvgIpc) is 2.92. The van der Waals surface area contributed by atoms with E-state index >= 15 is 0 Å². The molecule has 0 spiro atoms. The summed E-state index contributed by atoms with van der Waals surface area (Å²) in [6.07, 6.45) is 3.98. The zero-order valence-electron chi connectivity index (χ0n) is 13.3. The lowest BCUT2D eigenvalue weighted by molar-refractivity contribution is -0.141. The minimum atomic E-state index is -0.713. The van der Waals surface area contributed by atoms with E-state index in [-0.39, 0.29) is 5.92 Å². The molecular weight excluding hydrogens is 278 g/mol. The van der Waals surface area contributed by atoms with Gasteiger partial charge in [0.1, 0.15) is 0 Å². The van der Waals surface area contributed by atoms with Crippen molar-refractivity contribution in [2.75, 3.05) is 31.2 Å². The third kappa shape index (κ3) is 3.27. The van der Waals surface area contributed by atoms with E-state index in [0.29, 0.717) is 6.42 Å². The second-order valence-corrected chi connectivity index (χ2v) is 6.61. The molecule has 1 atom stereocenters. The van der Waals surface area contributed by atoms with Crippen LogP contribution in [0.25, 0.3) is 0 Å². The van der Waals surface area contributed by atoms with Crippen LogP contribution in [0.1, 0.15) is 30.9 Å². The molecule has 1 aromatic carbocycles. The molecule has 0 saturated carbocycles. The van der Waals surface area contributed by atoms with Crippen LogP contribution in [0.5, 0.6) is 0 Å². The Bertz CT molecular complexity index is 537. The maximum Gasteiger partial charge on any atom is 0.306 e. The summed E-state index contributed by atoms with van der Waals surface area (Å²) in [6, 6.07) is 6.36. The van der Waals surface area contributed by atoms with E-state index in [0.717, 1.165) is 51.5 Å². The van der Waals surface area contributed by atoms with Gasteiger partial charge in [0.25, 0.3) is 0 Å². The number of carboxylic acids is 1. The number of rotatable bonds is 5. The third-order valence-corrected chi connectivity index (χ3v) is 4.99. The molecular formula is C18H25NO3. The molecule has 1 aromatic rings. The summed E-state index contributed by atoms with van der Waals surface area (Å²) < 4.78 is 5.44. The molecule has 0 amide bonds. The molecule has 0 aromatic heterocycles. The van der Waals surface area contributed by atoms with E-state index in [4.69, 9.17) is 9.84 Å². The molecule has 1 N–H and O–H groups in total. The van der Waals surface area contributed by atoms with Crippen LogP contribution < -0.4 is 4.90 Å². The lowest BCUT2D eigenvalue weighted by Crippen LogP contribution is -2.31. The molecule has 0 aliphatic carbocycles. The molecule has 4 nitrogen and oxygen atoms in total. The van der Waals surface area contributed by atoms with Crippen LogP contribution in [0.2, 0.25) is 0 Å². The van der Waals surface area contributed by atoms with Gasteiger partial charge in [-0.3, -0.25) is 4.79 Å². The van der Waals surface area contributed by atoms with Crippen molar-refractivity contribution >= 4 is 11.7 Å². The maximum absolute atomic E-state index is 11.1. The highest BCUT2D eigenvalue weighted by atomic mass is 16.5. The van der Waals surface area contributed by atoms with Crippen LogP contribution in [0, 0.1) is 11.8 Å². The summed E-state index contributed by atoms with van der Waals surface area (Å²) in [6.45, 7) is 5.74. The smallest absolute Gasteiger partial charge is 0.306 e. The van der Waals surface area contributed by atoms with Crippen LogP contribution in [-0.4, -0.2) is 37.4 Å². The van der Waals surface area contributed by atoms with Crippen molar-refractivity contribution in [3.8, 4) is 0 Å². The van der Waals surface area contributed by atoms with Crippen LogP contribution in [0.3, 0.4) is 0 Å². The van der Waals surface area contributed by atoms with Gasteiger partial charge in [0, 0.05) is 32.0 Å². The molecule has 120 valence electrons. The van der Waals surface area contributed by atoms with Crippen LogP contribution in [0.15, 0.2) is 18.2 Å². The highest BCUT2D eigenvalue weighted by Gasteiger charge is 2.26. The topological polar surface area (TPSA) is 49.8 Å². The van der Waals surface area contributed by atoms with Gasteiger partial charge in [-0.15, -0.1) is 0 Å². The number of hydrogen-bond acceptors (Lipinski definition) is 3. The normalized spacial score (nSPS) is 20.0. The Morgan fingerprint density at radius 1 is 1.41 bits per heavy atom. The lowest BCUT2D eigenvalue weighted by atomic mass is 9.95. The molecule has 0 bridgehead atoms. The summed E-state index contributed by atoms with van der Waals surface area (Å²) in [7, 11) is 0. The number of ether oxygens (including phenoxy) is 1. The fraction of sp³-hybridized carbons (Fsp3) is 0.611. The second-order valence-electron chi connectivity index (χ2n) is 6.61. The molecule has 0 radical (unpaired) electrons. The highest BCUT2D eigenvalue weighted by molar-refractivity contribution is 5.70. The van der Waals surface area contributed by atoms with E-state index in [2.05, 4.69) is 23.1 Å². The van der Waals surface area contributed by atoms with Gasteiger partial charge in [0.05, 0.1) is 5.92 Å². The first kappa shape index (κ1) is 15.3. The molecule has 2 heterocycles. The van der Waals surface area contributed by atoms with Gasteiger partial charge in [-0.2, -0.15) is 0 Å². The van der Waals surface area contributed by atoms with E-state index in [1.54, 1.807) is 6.92 Å². The molecule has 4 heteroatoms. The summed E-state index contributed by atoms with van der Waals surface area (Å²) in [5, 5.41) is 9.14. The highest BCUT2D eigenvalue weighted by Crippen LogP contribution is 2.33. The maximum atomic E-state index is 11.1. The number of carboxylic acid groups (broad SMARTS) is 1. The molecule has 3 rings (SSSR count). The Labute approximate surface area is 132 Å². The first-order chi connectivity index (χ1) is 10.6. The number of hydrogen-bond donors (Lipinski definition) is 1. The van der Waals surface area contributed by atoms with Crippen molar-refractivity contribution in [3.63, 3.8) is 0 Å². The van der Waals surface area contributed by atoms with Crippen molar-refractivity contribution in [1.29, 1.82) is 0 Å². The van der Waals surface area contributed by atoms with E-state index in [1.807, 2.05) is 0 Å². The predicted octanol–water partition coefficient (Wildman–Crippen LogP) is 2.74. The lowest BCUT2D eigenvalue weighted by Gasteiger charge is -2.28. The standard InChI is InChI=1S/C18H25NO3/c1-13(18(20)21)11-15-3-2-4-17-16(15)5-8-19(17)12-14-6-9-22-10-7-14/h2-4,13-14H,5-12H2,1H3,(H,20,21). The monoisotopic (exact) mass is 303 g/mol. The summed E-state index contributed by atoms with van der Waals surface area (Å²) in [5.74, 6) is -0.313. The summed E-state index contributed by atoms with van der Waals surface area (Å²) in [5.41, 5.74) is 3.89. The zero-order chi connectivity index (χ0) is 15.5. The average molecular weight is 303 g/mol. The van der Waals surface area contributed by atoms with E-state index in [1.165, 1.54) is 16.8 Å². The SMILES string of the molecule is CC(Cc1cccc2c1CCN2CC1CCOCC1)C(=O)O. The number of carbonyl (C=O) groups is 1. The predicted molar refractivity (Wildman–Crippen MR) is 86.4 cm³/mol. The number of aliphatic carboxylic acids is 1. The van der Waals surface area contributed by atoms with Crippen molar-refractivity contribution in [2.24, 2.45) is 11.8 Å². The minimum Gasteiger partial charge on any atom is -0.481 e. The van der Waals surface area contributed by atoms with Gasteiger partial charge in [0.15, 0.2) is 0 Å². The number of fused-ring (bicyclic) bond motifs is 1. The first-order valence-corrected chi connectivity index (χ1v) is 8.31. The Balaban J connectivity index is 1.72. The number of anilines is 1. The van der Waals surface area contributed by atoms with Crippen LogP contribution in [0.4, 0.5) is 5.69 Å². The fourth-order valence-corrected chi connectivity index (χ4v) is 3.61. The van der Waals surface area contributed by atoms with Crippen LogP contribution >= 0.6 is 0 Å². The summed E-state index contributed by atoms with van der Waals surface area (Å²) >= 11 is 0.